The largest absolute Gasteiger partial charge is 0.356 e. The van der Waals surface area contributed by atoms with Gasteiger partial charge in [0.25, 0.3) is 0 Å². The van der Waals surface area contributed by atoms with Crippen molar-refractivity contribution in [3.8, 4) is 0 Å². The molecule has 1 N–H and O–H groups in total. The lowest BCUT2D eigenvalue weighted by molar-refractivity contribution is -0.132. The Bertz CT molecular complexity index is 635. The van der Waals surface area contributed by atoms with E-state index in [9.17, 15) is 4.79 Å². The number of nitrogens with zero attached hydrogens (tertiary/aromatic N) is 3. The summed E-state index contributed by atoms with van der Waals surface area (Å²) in [5.41, 5.74) is 2.68. The zero-order valence-electron chi connectivity index (χ0n) is 16.2. The molecule has 0 saturated carbocycles. The third kappa shape index (κ3) is 4.77. The fourth-order valence-electron chi connectivity index (χ4n) is 3.86. The molecule has 1 aromatic rings. The van der Waals surface area contributed by atoms with Crippen molar-refractivity contribution in [1.29, 1.82) is 0 Å². The third-order valence-corrected chi connectivity index (χ3v) is 5.63. The molecule has 1 saturated heterocycles. The zero-order chi connectivity index (χ0) is 18.4. The molecule has 26 heavy (non-hydrogen) atoms. The number of amides is 1. The van der Waals surface area contributed by atoms with Crippen LogP contribution in [0.2, 0.25) is 0 Å². The van der Waals surface area contributed by atoms with Crippen molar-refractivity contribution in [2.24, 2.45) is 10.9 Å². The molecule has 0 spiro atoms. The van der Waals surface area contributed by atoms with Gasteiger partial charge in [-0.05, 0) is 42.7 Å². The summed E-state index contributed by atoms with van der Waals surface area (Å²) in [6, 6.07) is 8.45. The van der Waals surface area contributed by atoms with Crippen molar-refractivity contribution < 1.29 is 4.79 Å². The third-order valence-electron chi connectivity index (χ3n) is 5.63. The minimum absolute atomic E-state index is 0.267. The minimum Gasteiger partial charge on any atom is -0.356 e. The van der Waals surface area contributed by atoms with E-state index in [0.29, 0.717) is 6.42 Å². The van der Waals surface area contributed by atoms with E-state index in [-0.39, 0.29) is 5.91 Å². The summed E-state index contributed by atoms with van der Waals surface area (Å²) in [6.45, 7) is 6.87. The number of rotatable bonds is 4. The van der Waals surface area contributed by atoms with Crippen LogP contribution in [0.3, 0.4) is 0 Å². The SMILES string of the molecule is CN=C(NCCCC(=O)N1CCc2ccccc2C1)N1CCC(C)CC1. The van der Waals surface area contributed by atoms with Gasteiger partial charge in [-0.1, -0.05) is 31.2 Å². The summed E-state index contributed by atoms with van der Waals surface area (Å²) in [5.74, 6) is 2.07. The van der Waals surface area contributed by atoms with E-state index in [1.807, 2.05) is 11.9 Å². The van der Waals surface area contributed by atoms with Crippen LogP contribution < -0.4 is 5.32 Å². The van der Waals surface area contributed by atoms with E-state index in [2.05, 4.69) is 46.4 Å². The Labute approximate surface area is 157 Å². The van der Waals surface area contributed by atoms with E-state index < -0.39 is 0 Å². The normalized spacial score (nSPS) is 18.6. The smallest absolute Gasteiger partial charge is 0.222 e. The molecule has 2 heterocycles. The lowest BCUT2D eigenvalue weighted by atomic mass is 9.99. The summed E-state index contributed by atoms with van der Waals surface area (Å²) in [4.78, 5) is 21.3. The summed E-state index contributed by atoms with van der Waals surface area (Å²) < 4.78 is 0. The van der Waals surface area contributed by atoms with E-state index in [4.69, 9.17) is 0 Å². The number of nitrogens with one attached hydrogen (secondary N) is 1. The maximum Gasteiger partial charge on any atom is 0.222 e. The Hall–Kier alpha value is -2.04. The van der Waals surface area contributed by atoms with Crippen LogP contribution in [0.25, 0.3) is 0 Å². The fourth-order valence-corrected chi connectivity index (χ4v) is 3.86. The molecule has 1 aromatic carbocycles. The second kappa shape index (κ2) is 9.06. The highest BCUT2D eigenvalue weighted by atomic mass is 16.2. The number of hydrogen-bond donors (Lipinski definition) is 1. The van der Waals surface area contributed by atoms with E-state index in [1.54, 1.807) is 0 Å². The van der Waals surface area contributed by atoms with E-state index in [1.165, 1.54) is 24.0 Å². The first-order valence-electron chi connectivity index (χ1n) is 9.97. The quantitative estimate of drug-likeness (QED) is 0.513. The van der Waals surface area contributed by atoms with Crippen molar-refractivity contribution in [1.82, 2.24) is 15.1 Å². The van der Waals surface area contributed by atoms with Gasteiger partial charge in [0.2, 0.25) is 5.91 Å². The van der Waals surface area contributed by atoms with Crippen LogP contribution in [0.4, 0.5) is 0 Å². The number of guanidine groups is 1. The van der Waals surface area contributed by atoms with Gasteiger partial charge in [-0.2, -0.15) is 0 Å². The number of piperidine rings is 1. The first kappa shape index (κ1) is 18.7. The number of hydrogen-bond acceptors (Lipinski definition) is 2. The Morgan fingerprint density at radius 1 is 1.15 bits per heavy atom. The van der Waals surface area contributed by atoms with Gasteiger partial charge in [0, 0.05) is 46.2 Å². The van der Waals surface area contributed by atoms with Crippen LogP contribution in [-0.4, -0.2) is 54.9 Å². The molecule has 142 valence electrons. The number of fused-ring (bicyclic) bond motifs is 1. The summed E-state index contributed by atoms with van der Waals surface area (Å²) in [5, 5.41) is 3.43. The van der Waals surface area contributed by atoms with Gasteiger partial charge >= 0.3 is 0 Å². The maximum atomic E-state index is 12.5. The molecule has 1 fully saturated rings. The van der Waals surface area contributed by atoms with Crippen molar-refractivity contribution in [2.45, 2.75) is 45.6 Å². The molecule has 2 aliphatic heterocycles. The lowest BCUT2D eigenvalue weighted by Gasteiger charge is -2.33. The van der Waals surface area contributed by atoms with Crippen molar-refractivity contribution in [2.75, 3.05) is 33.2 Å². The number of carbonyl (C=O) groups excluding carboxylic acids is 1. The molecule has 0 aromatic heterocycles. The highest BCUT2D eigenvalue weighted by Crippen LogP contribution is 2.19. The van der Waals surface area contributed by atoms with Gasteiger partial charge in [0.15, 0.2) is 5.96 Å². The lowest BCUT2D eigenvalue weighted by Crippen LogP contribution is -2.45. The topological polar surface area (TPSA) is 47.9 Å². The number of aliphatic imine (C=N–C) groups is 1. The van der Waals surface area contributed by atoms with Gasteiger partial charge in [-0.25, -0.2) is 0 Å². The van der Waals surface area contributed by atoms with Crippen LogP contribution in [0.1, 0.15) is 43.7 Å². The Morgan fingerprint density at radius 2 is 1.88 bits per heavy atom. The average molecular weight is 357 g/mol. The molecule has 0 radical (unpaired) electrons. The van der Waals surface area contributed by atoms with Crippen molar-refractivity contribution >= 4 is 11.9 Å². The summed E-state index contributed by atoms with van der Waals surface area (Å²) in [6.07, 6.45) is 4.88. The standard InChI is InChI=1S/C21H32N4O/c1-17-9-13-24(14-10-17)21(22-2)23-12-5-8-20(26)25-15-11-18-6-3-4-7-19(18)16-25/h3-4,6-7,17H,5,8-16H2,1-2H3,(H,22,23). The fraction of sp³-hybridized carbons (Fsp3) is 0.619. The van der Waals surface area contributed by atoms with Gasteiger partial charge < -0.3 is 15.1 Å². The Morgan fingerprint density at radius 3 is 2.62 bits per heavy atom. The molecule has 0 aliphatic carbocycles. The predicted octanol–water partition coefficient (Wildman–Crippen LogP) is 2.66. The average Bonchev–Trinajstić information content (AvgIpc) is 2.68. The van der Waals surface area contributed by atoms with Crippen LogP contribution in [0, 0.1) is 5.92 Å². The number of carbonyl (C=O) groups is 1. The number of benzene rings is 1. The zero-order valence-corrected chi connectivity index (χ0v) is 16.2. The molecular weight excluding hydrogens is 324 g/mol. The second-order valence-electron chi connectivity index (χ2n) is 7.58. The Balaban J connectivity index is 1.39. The Kier molecular flexibility index (Phi) is 6.53. The first-order chi connectivity index (χ1) is 12.7. The van der Waals surface area contributed by atoms with Crippen LogP contribution in [0.15, 0.2) is 29.3 Å². The molecule has 3 rings (SSSR count). The molecule has 0 unspecified atom stereocenters. The maximum absolute atomic E-state index is 12.5. The van der Waals surface area contributed by atoms with Crippen molar-refractivity contribution in [3.05, 3.63) is 35.4 Å². The summed E-state index contributed by atoms with van der Waals surface area (Å²) in [7, 11) is 1.84. The molecule has 1 amide bonds. The van der Waals surface area contributed by atoms with E-state index in [0.717, 1.165) is 57.4 Å². The van der Waals surface area contributed by atoms with E-state index >= 15 is 0 Å². The van der Waals surface area contributed by atoms with Gasteiger partial charge in [-0.15, -0.1) is 0 Å². The first-order valence-corrected chi connectivity index (χ1v) is 9.97. The van der Waals surface area contributed by atoms with Gasteiger partial charge in [0.1, 0.15) is 0 Å². The monoisotopic (exact) mass is 356 g/mol. The molecule has 0 atom stereocenters. The number of likely N-dealkylation sites (tertiary alicyclic amines) is 1. The van der Waals surface area contributed by atoms with Crippen molar-refractivity contribution in [3.63, 3.8) is 0 Å². The molecule has 5 heteroatoms. The van der Waals surface area contributed by atoms with Crippen LogP contribution >= 0.6 is 0 Å². The van der Waals surface area contributed by atoms with Gasteiger partial charge in [0.05, 0.1) is 0 Å². The van der Waals surface area contributed by atoms with Gasteiger partial charge in [-0.3, -0.25) is 9.79 Å². The molecular formula is C21H32N4O. The highest BCUT2D eigenvalue weighted by Gasteiger charge is 2.20. The molecule has 2 aliphatic rings. The molecule has 5 nitrogen and oxygen atoms in total. The second-order valence-corrected chi connectivity index (χ2v) is 7.58. The predicted molar refractivity (Wildman–Crippen MR) is 106 cm³/mol. The minimum atomic E-state index is 0.267. The molecule has 0 bridgehead atoms. The highest BCUT2D eigenvalue weighted by molar-refractivity contribution is 5.80. The van der Waals surface area contributed by atoms with Crippen LogP contribution in [-0.2, 0) is 17.8 Å². The van der Waals surface area contributed by atoms with Crippen LogP contribution in [0.5, 0.6) is 0 Å². The summed E-state index contributed by atoms with van der Waals surface area (Å²) >= 11 is 0.